The van der Waals surface area contributed by atoms with Crippen LogP contribution in [0.15, 0.2) is 24.3 Å². The van der Waals surface area contributed by atoms with E-state index in [4.69, 9.17) is 9.47 Å². The second-order valence-electron chi connectivity index (χ2n) is 7.45. The molecule has 138 valence electrons. The number of fused-ring (bicyclic) bond motifs is 3. The maximum atomic E-state index is 12.6. The molecule has 1 aromatic rings. The lowest BCUT2D eigenvalue weighted by molar-refractivity contribution is -0.132. The van der Waals surface area contributed by atoms with Crippen LogP contribution in [0.1, 0.15) is 32.1 Å². The smallest absolute Gasteiger partial charge is 0.222 e. The molecule has 3 unspecified atom stereocenters. The molecule has 6 heteroatoms. The molecule has 5 nitrogen and oxygen atoms in total. The van der Waals surface area contributed by atoms with Crippen molar-refractivity contribution in [1.82, 2.24) is 10.2 Å². The van der Waals surface area contributed by atoms with E-state index in [0.717, 1.165) is 24.3 Å². The van der Waals surface area contributed by atoms with Crippen LogP contribution in [0.4, 0.5) is 0 Å². The lowest BCUT2D eigenvalue weighted by Gasteiger charge is -2.32. The third-order valence-corrected chi connectivity index (χ3v) is 5.50. The number of nitrogens with one attached hydrogen (secondary N) is 1. The van der Waals surface area contributed by atoms with Crippen molar-refractivity contribution in [2.45, 2.75) is 50.3 Å². The molecule has 1 aromatic carbocycles. The summed E-state index contributed by atoms with van der Waals surface area (Å²) in [4.78, 5) is 14.4. The molecular weight excluding hydrogens is 340 g/mol. The molecule has 2 bridgehead atoms. The second-order valence-corrected chi connectivity index (χ2v) is 7.45. The average molecular weight is 367 g/mol. The summed E-state index contributed by atoms with van der Waals surface area (Å²) in [5, 5.41) is 3.64. The Hall–Kier alpha value is -1.46. The summed E-state index contributed by atoms with van der Waals surface area (Å²) in [6.07, 6.45) is 5.40. The predicted octanol–water partition coefficient (Wildman–Crippen LogP) is 2.63. The number of carbonyl (C=O) groups excluding carboxylic acids is 1. The quantitative estimate of drug-likeness (QED) is 0.890. The van der Waals surface area contributed by atoms with Gasteiger partial charge in [-0.3, -0.25) is 4.79 Å². The zero-order valence-corrected chi connectivity index (χ0v) is 15.5. The Labute approximate surface area is 155 Å². The van der Waals surface area contributed by atoms with Crippen LogP contribution in [-0.4, -0.2) is 49.2 Å². The fraction of sp³-hybridized carbons (Fsp3) is 0.632. The number of hydrogen-bond acceptors (Lipinski definition) is 4. The van der Waals surface area contributed by atoms with Crippen LogP contribution in [0.2, 0.25) is 0 Å². The third kappa shape index (κ3) is 4.21. The molecule has 2 saturated heterocycles. The van der Waals surface area contributed by atoms with E-state index in [0.29, 0.717) is 37.6 Å². The Balaban J connectivity index is 0.00000182. The predicted molar refractivity (Wildman–Crippen MR) is 98.5 cm³/mol. The first-order chi connectivity index (χ1) is 11.7. The molecule has 3 aliphatic heterocycles. The van der Waals surface area contributed by atoms with Crippen molar-refractivity contribution in [3.05, 3.63) is 24.3 Å². The molecular formula is C19H27ClN2O3. The van der Waals surface area contributed by atoms with E-state index in [1.54, 1.807) is 0 Å². The van der Waals surface area contributed by atoms with Crippen LogP contribution < -0.4 is 14.8 Å². The minimum atomic E-state index is -0.0990. The van der Waals surface area contributed by atoms with Gasteiger partial charge < -0.3 is 19.7 Å². The summed E-state index contributed by atoms with van der Waals surface area (Å²) < 4.78 is 11.7. The van der Waals surface area contributed by atoms with Gasteiger partial charge in [0.15, 0.2) is 17.6 Å². The molecule has 0 radical (unpaired) electrons. The Kier molecular flexibility index (Phi) is 5.74. The highest BCUT2D eigenvalue weighted by atomic mass is 35.5. The van der Waals surface area contributed by atoms with Gasteiger partial charge >= 0.3 is 0 Å². The normalized spacial score (nSPS) is 29.6. The van der Waals surface area contributed by atoms with Crippen molar-refractivity contribution in [3.8, 4) is 11.5 Å². The first kappa shape index (κ1) is 18.3. The maximum absolute atomic E-state index is 12.6. The number of amides is 1. The molecule has 25 heavy (non-hydrogen) atoms. The summed E-state index contributed by atoms with van der Waals surface area (Å²) in [6, 6.07) is 8.96. The fourth-order valence-electron chi connectivity index (χ4n) is 4.30. The summed E-state index contributed by atoms with van der Waals surface area (Å²) >= 11 is 0. The average Bonchev–Trinajstić information content (AvgIpc) is 2.93. The number of nitrogens with zero attached hydrogens (tertiary/aromatic N) is 1. The number of carbonyl (C=O) groups is 1. The number of hydrogen-bond donors (Lipinski definition) is 1. The van der Waals surface area contributed by atoms with Crippen LogP contribution in [0.25, 0.3) is 0 Å². The molecule has 3 heterocycles. The Morgan fingerprint density at radius 3 is 2.60 bits per heavy atom. The first-order valence-corrected chi connectivity index (χ1v) is 9.06. The van der Waals surface area contributed by atoms with E-state index in [9.17, 15) is 4.79 Å². The van der Waals surface area contributed by atoms with Crippen LogP contribution in [0.3, 0.4) is 0 Å². The summed E-state index contributed by atoms with van der Waals surface area (Å²) in [5.74, 6) is 2.31. The standard InChI is InChI=1S/C19H26N2O3.ClH/c1-21(11-16-12-23-17-4-2-3-5-18(17)24-16)19(22)10-13-8-14-6-7-15(9-13)20-14;/h2-5,13-16,20H,6-12H2,1H3;1H. The van der Waals surface area contributed by atoms with E-state index < -0.39 is 0 Å². The third-order valence-electron chi connectivity index (χ3n) is 5.50. The van der Waals surface area contributed by atoms with Gasteiger partial charge in [0, 0.05) is 25.6 Å². The van der Waals surface area contributed by atoms with Gasteiger partial charge in [0.05, 0.1) is 6.54 Å². The number of halogens is 1. The van der Waals surface area contributed by atoms with Crippen molar-refractivity contribution < 1.29 is 14.3 Å². The zero-order valence-electron chi connectivity index (χ0n) is 14.6. The molecule has 1 N–H and O–H groups in total. The molecule has 4 rings (SSSR count). The van der Waals surface area contributed by atoms with E-state index in [1.165, 1.54) is 12.8 Å². The summed E-state index contributed by atoms with van der Waals surface area (Å²) in [5.41, 5.74) is 0. The highest BCUT2D eigenvalue weighted by Gasteiger charge is 2.35. The van der Waals surface area contributed by atoms with Crippen molar-refractivity contribution in [2.75, 3.05) is 20.2 Å². The highest BCUT2D eigenvalue weighted by molar-refractivity contribution is 5.85. The number of benzene rings is 1. The van der Waals surface area contributed by atoms with E-state index in [1.807, 2.05) is 36.2 Å². The van der Waals surface area contributed by atoms with Crippen molar-refractivity contribution in [2.24, 2.45) is 5.92 Å². The zero-order chi connectivity index (χ0) is 16.5. The molecule has 0 aliphatic carbocycles. The lowest BCUT2D eigenvalue weighted by Crippen LogP contribution is -2.43. The monoisotopic (exact) mass is 366 g/mol. The van der Waals surface area contributed by atoms with Crippen LogP contribution in [-0.2, 0) is 4.79 Å². The maximum Gasteiger partial charge on any atom is 0.222 e. The highest BCUT2D eigenvalue weighted by Crippen LogP contribution is 2.33. The molecule has 0 spiro atoms. The van der Waals surface area contributed by atoms with Gasteiger partial charge in [-0.15, -0.1) is 12.4 Å². The molecule has 3 atom stereocenters. The van der Waals surface area contributed by atoms with E-state index >= 15 is 0 Å². The topological polar surface area (TPSA) is 50.8 Å². The molecule has 1 amide bonds. The van der Waals surface area contributed by atoms with Crippen molar-refractivity contribution in [3.63, 3.8) is 0 Å². The van der Waals surface area contributed by atoms with Gasteiger partial charge in [-0.1, -0.05) is 12.1 Å². The lowest BCUT2D eigenvalue weighted by atomic mass is 9.89. The van der Waals surface area contributed by atoms with Crippen LogP contribution >= 0.6 is 12.4 Å². The van der Waals surface area contributed by atoms with Gasteiger partial charge in [0.25, 0.3) is 0 Å². The Morgan fingerprint density at radius 2 is 1.88 bits per heavy atom. The van der Waals surface area contributed by atoms with Gasteiger partial charge in [-0.2, -0.15) is 0 Å². The molecule has 3 aliphatic rings. The summed E-state index contributed by atoms with van der Waals surface area (Å²) in [7, 11) is 1.88. The van der Waals surface area contributed by atoms with Gasteiger partial charge in [-0.05, 0) is 43.7 Å². The fourth-order valence-corrected chi connectivity index (χ4v) is 4.30. The number of piperidine rings is 1. The van der Waals surface area contributed by atoms with Gasteiger partial charge in [0.2, 0.25) is 5.91 Å². The largest absolute Gasteiger partial charge is 0.486 e. The van der Waals surface area contributed by atoms with Crippen molar-refractivity contribution in [1.29, 1.82) is 0 Å². The first-order valence-electron chi connectivity index (χ1n) is 9.06. The number of rotatable bonds is 4. The minimum absolute atomic E-state index is 0. The molecule has 2 fully saturated rings. The summed E-state index contributed by atoms with van der Waals surface area (Å²) in [6.45, 7) is 1.07. The van der Waals surface area contributed by atoms with Crippen molar-refractivity contribution >= 4 is 18.3 Å². The SMILES string of the molecule is CN(CC1COc2ccccc2O1)C(=O)CC1CC2CCC(C1)N2.Cl. The number of ether oxygens (including phenoxy) is 2. The number of likely N-dealkylation sites (N-methyl/N-ethyl adjacent to an activating group) is 1. The van der Waals surface area contributed by atoms with Crippen LogP contribution in [0, 0.1) is 5.92 Å². The van der Waals surface area contributed by atoms with E-state index in [-0.39, 0.29) is 24.4 Å². The Bertz CT molecular complexity index is 600. The van der Waals surface area contributed by atoms with Gasteiger partial charge in [0.1, 0.15) is 6.61 Å². The minimum Gasteiger partial charge on any atom is -0.486 e. The number of para-hydroxylation sites is 2. The van der Waals surface area contributed by atoms with Crippen LogP contribution in [0.5, 0.6) is 11.5 Å². The molecule has 0 saturated carbocycles. The Morgan fingerprint density at radius 1 is 1.20 bits per heavy atom. The van der Waals surface area contributed by atoms with E-state index in [2.05, 4.69) is 5.32 Å². The second kappa shape index (κ2) is 7.83. The molecule has 0 aromatic heterocycles. The van der Waals surface area contributed by atoms with Gasteiger partial charge in [-0.25, -0.2) is 0 Å².